The molecule has 0 spiro atoms. The Morgan fingerprint density at radius 2 is 2.00 bits per heavy atom. The Labute approximate surface area is 107 Å². The number of ether oxygens (including phenoxy) is 1. The molecule has 0 fully saturated rings. The first-order valence-corrected chi connectivity index (χ1v) is 6.20. The van der Waals surface area contributed by atoms with Gasteiger partial charge in [-0.05, 0) is 37.6 Å². The van der Waals surface area contributed by atoms with Crippen molar-refractivity contribution in [2.24, 2.45) is 0 Å². The molecule has 1 aromatic rings. The van der Waals surface area contributed by atoms with Gasteiger partial charge in [0.2, 0.25) is 0 Å². The summed E-state index contributed by atoms with van der Waals surface area (Å²) in [6.45, 7) is 6.52. The molecular formula is C12H17Cl2NO. The molecule has 1 N–H and O–H groups in total. The summed E-state index contributed by atoms with van der Waals surface area (Å²) in [7, 11) is 0. The van der Waals surface area contributed by atoms with E-state index in [-0.39, 0.29) is 0 Å². The number of halogens is 2. The van der Waals surface area contributed by atoms with Gasteiger partial charge in [0.1, 0.15) is 12.4 Å². The predicted octanol–water partition coefficient (Wildman–Crippen LogP) is 3.68. The van der Waals surface area contributed by atoms with Gasteiger partial charge in [-0.15, -0.1) is 0 Å². The maximum atomic E-state index is 6.05. The molecule has 0 atom stereocenters. The number of benzene rings is 1. The highest BCUT2D eigenvalue weighted by atomic mass is 35.5. The Morgan fingerprint density at radius 3 is 2.62 bits per heavy atom. The number of hydrogen-bond donors (Lipinski definition) is 1. The molecule has 0 saturated carbocycles. The number of hydrogen-bond acceptors (Lipinski definition) is 2. The summed E-state index contributed by atoms with van der Waals surface area (Å²) in [5, 5.41) is 4.47. The summed E-state index contributed by atoms with van der Waals surface area (Å²) < 4.78 is 5.62. The van der Waals surface area contributed by atoms with Crippen LogP contribution in [0.25, 0.3) is 0 Å². The van der Waals surface area contributed by atoms with Gasteiger partial charge in [0.05, 0.1) is 5.02 Å². The highest BCUT2D eigenvalue weighted by Gasteiger charge is 2.06. The number of aryl methyl sites for hydroxylation is 1. The topological polar surface area (TPSA) is 21.3 Å². The van der Waals surface area contributed by atoms with Crippen LogP contribution in [-0.2, 0) is 0 Å². The highest BCUT2D eigenvalue weighted by Crippen LogP contribution is 2.31. The van der Waals surface area contributed by atoms with E-state index in [4.69, 9.17) is 27.9 Å². The van der Waals surface area contributed by atoms with Crippen LogP contribution in [0.3, 0.4) is 0 Å². The van der Waals surface area contributed by atoms with Crippen LogP contribution >= 0.6 is 23.2 Å². The molecule has 16 heavy (non-hydrogen) atoms. The van der Waals surface area contributed by atoms with Crippen LogP contribution in [-0.4, -0.2) is 19.7 Å². The maximum Gasteiger partial charge on any atom is 0.140 e. The van der Waals surface area contributed by atoms with Gasteiger partial charge in [-0.3, -0.25) is 0 Å². The lowest BCUT2D eigenvalue weighted by Gasteiger charge is -2.11. The van der Waals surface area contributed by atoms with Crippen molar-refractivity contribution in [3.8, 4) is 5.75 Å². The van der Waals surface area contributed by atoms with E-state index in [0.717, 1.165) is 30.8 Å². The first kappa shape index (κ1) is 13.6. The van der Waals surface area contributed by atoms with Gasteiger partial charge < -0.3 is 10.1 Å². The SMILES string of the molecule is CCCNCCOc1c(C)cc(Cl)cc1Cl. The molecule has 2 nitrogen and oxygen atoms in total. The van der Waals surface area contributed by atoms with E-state index < -0.39 is 0 Å². The van der Waals surface area contributed by atoms with Gasteiger partial charge in [-0.25, -0.2) is 0 Å². The zero-order valence-electron chi connectivity index (χ0n) is 9.65. The fourth-order valence-electron chi connectivity index (χ4n) is 1.40. The van der Waals surface area contributed by atoms with Gasteiger partial charge in [-0.2, -0.15) is 0 Å². The third-order valence-corrected chi connectivity index (χ3v) is 2.65. The Morgan fingerprint density at radius 1 is 1.25 bits per heavy atom. The first-order valence-electron chi connectivity index (χ1n) is 5.44. The van der Waals surface area contributed by atoms with Crippen molar-refractivity contribution in [3.05, 3.63) is 27.7 Å². The lowest BCUT2D eigenvalue weighted by atomic mass is 10.2. The van der Waals surface area contributed by atoms with Crippen molar-refractivity contribution >= 4 is 23.2 Å². The molecule has 0 aromatic heterocycles. The smallest absolute Gasteiger partial charge is 0.140 e. The molecule has 4 heteroatoms. The van der Waals surface area contributed by atoms with E-state index >= 15 is 0 Å². The van der Waals surface area contributed by atoms with Crippen molar-refractivity contribution in [1.29, 1.82) is 0 Å². The van der Waals surface area contributed by atoms with E-state index in [1.807, 2.05) is 13.0 Å². The summed E-state index contributed by atoms with van der Waals surface area (Å²) in [5.41, 5.74) is 0.966. The zero-order chi connectivity index (χ0) is 12.0. The molecular weight excluding hydrogens is 245 g/mol. The standard InChI is InChI=1S/C12H17Cl2NO/c1-3-4-15-5-6-16-12-9(2)7-10(13)8-11(12)14/h7-8,15H,3-6H2,1-2H3. The first-order chi connectivity index (χ1) is 7.65. The van der Waals surface area contributed by atoms with Crippen molar-refractivity contribution < 1.29 is 4.74 Å². The molecule has 0 bridgehead atoms. The van der Waals surface area contributed by atoms with Crippen LogP contribution in [0.15, 0.2) is 12.1 Å². The second-order valence-corrected chi connectivity index (χ2v) is 4.48. The second kappa shape index (κ2) is 7.00. The molecule has 0 aliphatic rings. The molecule has 90 valence electrons. The van der Waals surface area contributed by atoms with Crippen molar-refractivity contribution in [2.45, 2.75) is 20.3 Å². The zero-order valence-corrected chi connectivity index (χ0v) is 11.2. The lowest BCUT2D eigenvalue weighted by molar-refractivity contribution is 0.312. The molecule has 0 heterocycles. The van der Waals surface area contributed by atoms with Crippen LogP contribution in [0.5, 0.6) is 5.75 Å². The van der Waals surface area contributed by atoms with Crippen molar-refractivity contribution in [3.63, 3.8) is 0 Å². The Balaban J connectivity index is 2.47. The van der Waals surface area contributed by atoms with Gasteiger partial charge in [0.25, 0.3) is 0 Å². The molecule has 0 unspecified atom stereocenters. The van der Waals surface area contributed by atoms with Crippen molar-refractivity contribution in [1.82, 2.24) is 5.32 Å². The van der Waals surface area contributed by atoms with Gasteiger partial charge in [0, 0.05) is 11.6 Å². The maximum absolute atomic E-state index is 6.05. The number of rotatable bonds is 6. The lowest BCUT2D eigenvalue weighted by Crippen LogP contribution is -2.21. The van der Waals surface area contributed by atoms with E-state index in [9.17, 15) is 0 Å². The quantitative estimate of drug-likeness (QED) is 0.789. The molecule has 0 amide bonds. The average Bonchev–Trinajstić information content (AvgIpc) is 2.20. The normalized spacial score (nSPS) is 10.5. The van der Waals surface area contributed by atoms with Crippen LogP contribution in [0, 0.1) is 6.92 Å². The summed E-state index contributed by atoms with van der Waals surface area (Å²) in [6.07, 6.45) is 1.13. The van der Waals surface area contributed by atoms with E-state index in [2.05, 4.69) is 12.2 Å². The minimum atomic E-state index is 0.570. The number of nitrogens with one attached hydrogen (secondary N) is 1. The third-order valence-electron chi connectivity index (χ3n) is 2.15. The fraction of sp³-hybridized carbons (Fsp3) is 0.500. The summed E-state index contributed by atoms with van der Waals surface area (Å²) >= 11 is 11.9. The largest absolute Gasteiger partial charge is 0.490 e. The van der Waals surface area contributed by atoms with Gasteiger partial charge in [0.15, 0.2) is 0 Å². The minimum absolute atomic E-state index is 0.570. The minimum Gasteiger partial charge on any atom is -0.490 e. The second-order valence-electron chi connectivity index (χ2n) is 3.63. The molecule has 0 saturated heterocycles. The van der Waals surface area contributed by atoms with Crippen molar-refractivity contribution in [2.75, 3.05) is 19.7 Å². The molecule has 1 rings (SSSR count). The average molecular weight is 262 g/mol. The van der Waals surface area contributed by atoms with E-state index in [1.54, 1.807) is 6.07 Å². The predicted molar refractivity (Wildman–Crippen MR) is 69.9 cm³/mol. The summed E-state index contributed by atoms with van der Waals surface area (Å²) in [4.78, 5) is 0. The van der Waals surface area contributed by atoms with Crippen LogP contribution in [0.2, 0.25) is 10.0 Å². The van der Waals surface area contributed by atoms with Crippen LogP contribution in [0.4, 0.5) is 0 Å². The third kappa shape index (κ3) is 4.20. The Kier molecular flexibility index (Phi) is 5.96. The summed E-state index contributed by atoms with van der Waals surface area (Å²) in [6, 6.07) is 3.55. The fourth-order valence-corrected chi connectivity index (χ4v) is 2.05. The van der Waals surface area contributed by atoms with E-state index in [1.165, 1.54) is 0 Å². The Hall–Kier alpha value is -0.440. The molecule has 0 radical (unpaired) electrons. The van der Waals surface area contributed by atoms with E-state index in [0.29, 0.717) is 16.7 Å². The van der Waals surface area contributed by atoms with Crippen LogP contribution in [0.1, 0.15) is 18.9 Å². The van der Waals surface area contributed by atoms with Gasteiger partial charge >= 0.3 is 0 Å². The Bertz CT molecular complexity index is 319. The van der Waals surface area contributed by atoms with Crippen LogP contribution < -0.4 is 10.1 Å². The monoisotopic (exact) mass is 261 g/mol. The molecule has 1 aromatic carbocycles. The van der Waals surface area contributed by atoms with Gasteiger partial charge in [-0.1, -0.05) is 30.1 Å². The highest BCUT2D eigenvalue weighted by molar-refractivity contribution is 6.35. The molecule has 0 aliphatic carbocycles. The molecule has 0 aliphatic heterocycles. The summed E-state index contributed by atoms with van der Waals surface area (Å²) in [5.74, 6) is 0.726.